The Balaban J connectivity index is 1.60. The summed E-state index contributed by atoms with van der Waals surface area (Å²) in [6.07, 6.45) is 5.86. The SMILES string of the molecule is COc1cc(OC)c(C=CC(c2ccc(OC)c(NC(=O)c3ccc([N+](=O)[O-])cc3)c2)S(=O)(=O)C(C=Cc2c(OC)cc(OC)cc2OC)c2ccc(OC)c(NC(=O)c3ccc([N+](=O)[O-])cc3)c2)c(OC)c1. The lowest BCUT2D eigenvalue weighted by Crippen LogP contribution is -2.20. The number of nitro groups is 2. The van der Waals surface area contributed by atoms with Crippen LogP contribution in [0.25, 0.3) is 12.2 Å². The minimum atomic E-state index is -4.69. The Morgan fingerprint density at radius 1 is 0.466 bits per heavy atom. The summed E-state index contributed by atoms with van der Waals surface area (Å²) in [5.41, 5.74) is 0.695. The molecule has 6 aromatic carbocycles. The summed E-state index contributed by atoms with van der Waals surface area (Å²) in [5, 5.41) is 25.0. The Bertz CT molecular complexity index is 2940. The number of nitrogens with zero attached hydrogens (tertiary/aromatic N) is 2. The van der Waals surface area contributed by atoms with Gasteiger partial charge in [0.2, 0.25) is 0 Å². The van der Waals surface area contributed by atoms with Gasteiger partial charge in [-0.15, -0.1) is 0 Å². The molecule has 0 fully saturated rings. The molecule has 21 heteroatoms. The molecule has 2 atom stereocenters. The molecular formula is C52H50N4O16S. The number of nitro benzene ring substituents is 2. The van der Waals surface area contributed by atoms with E-state index in [1.54, 1.807) is 24.3 Å². The maximum absolute atomic E-state index is 16.1. The van der Waals surface area contributed by atoms with Gasteiger partial charge >= 0.3 is 0 Å². The van der Waals surface area contributed by atoms with Crippen molar-refractivity contribution >= 4 is 56.6 Å². The van der Waals surface area contributed by atoms with E-state index in [9.17, 15) is 29.8 Å². The van der Waals surface area contributed by atoms with Crippen molar-refractivity contribution in [1.29, 1.82) is 0 Å². The summed E-state index contributed by atoms with van der Waals surface area (Å²) < 4.78 is 77.1. The first kappa shape index (κ1) is 53.2. The first-order valence-corrected chi connectivity index (χ1v) is 23.3. The summed E-state index contributed by atoms with van der Waals surface area (Å²) in [6, 6.07) is 25.0. The summed E-state index contributed by atoms with van der Waals surface area (Å²) >= 11 is 0. The van der Waals surface area contributed by atoms with Crippen LogP contribution in [0.4, 0.5) is 22.7 Å². The first-order chi connectivity index (χ1) is 35.0. The fourth-order valence-electron chi connectivity index (χ4n) is 7.60. The highest BCUT2D eigenvalue weighted by atomic mass is 32.2. The van der Waals surface area contributed by atoms with Gasteiger partial charge in [0.15, 0.2) is 9.84 Å². The molecule has 2 amide bonds. The Morgan fingerprint density at radius 2 is 0.781 bits per heavy atom. The van der Waals surface area contributed by atoms with Crippen LogP contribution in [0.15, 0.2) is 121 Å². The number of ether oxygens (including phenoxy) is 8. The van der Waals surface area contributed by atoms with Crippen LogP contribution in [0.2, 0.25) is 0 Å². The molecule has 0 bridgehead atoms. The summed E-state index contributed by atoms with van der Waals surface area (Å²) in [7, 11) is 6.64. The van der Waals surface area contributed by atoms with Crippen LogP contribution in [-0.4, -0.2) is 87.0 Å². The zero-order valence-electron chi connectivity index (χ0n) is 40.7. The quantitative estimate of drug-likeness (QED) is 0.0474. The number of benzene rings is 6. The van der Waals surface area contributed by atoms with Crippen LogP contribution in [-0.2, 0) is 9.84 Å². The first-order valence-electron chi connectivity index (χ1n) is 21.7. The number of anilines is 2. The molecule has 73 heavy (non-hydrogen) atoms. The van der Waals surface area contributed by atoms with E-state index in [0.29, 0.717) is 22.6 Å². The predicted octanol–water partition coefficient (Wildman–Crippen LogP) is 9.70. The summed E-state index contributed by atoms with van der Waals surface area (Å²) in [4.78, 5) is 48.8. The van der Waals surface area contributed by atoms with Crippen LogP contribution in [0.1, 0.15) is 53.5 Å². The van der Waals surface area contributed by atoms with E-state index in [1.165, 1.54) is 166 Å². The largest absolute Gasteiger partial charge is 0.496 e. The maximum Gasteiger partial charge on any atom is 0.269 e. The average molecular weight is 1020 g/mol. The van der Waals surface area contributed by atoms with E-state index < -0.39 is 42.0 Å². The average Bonchev–Trinajstić information content (AvgIpc) is 3.40. The lowest BCUT2D eigenvalue weighted by molar-refractivity contribution is -0.385. The smallest absolute Gasteiger partial charge is 0.269 e. The zero-order chi connectivity index (χ0) is 53.0. The van der Waals surface area contributed by atoms with Crippen molar-refractivity contribution in [2.75, 3.05) is 67.5 Å². The van der Waals surface area contributed by atoms with Crippen molar-refractivity contribution in [3.8, 4) is 46.0 Å². The molecule has 20 nitrogen and oxygen atoms in total. The molecule has 2 unspecified atom stereocenters. The second-order valence-electron chi connectivity index (χ2n) is 15.5. The van der Waals surface area contributed by atoms with Crippen molar-refractivity contribution in [3.05, 3.63) is 175 Å². The molecule has 6 rings (SSSR count). The molecule has 0 aromatic heterocycles. The Hall–Kier alpha value is -9.11. The Labute approximate surface area is 419 Å². The number of amides is 2. The fourth-order valence-corrected chi connectivity index (χ4v) is 9.56. The molecule has 0 spiro atoms. The molecule has 0 saturated heterocycles. The number of methoxy groups -OCH3 is 8. The second kappa shape index (κ2) is 23.7. The highest BCUT2D eigenvalue weighted by Crippen LogP contribution is 2.44. The third-order valence-electron chi connectivity index (χ3n) is 11.4. The van der Waals surface area contributed by atoms with Crippen LogP contribution in [0.3, 0.4) is 0 Å². The number of non-ortho nitro benzene ring substituents is 2. The van der Waals surface area contributed by atoms with Crippen molar-refractivity contribution in [2.45, 2.75) is 10.5 Å². The van der Waals surface area contributed by atoms with Gasteiger partial charge in [0.05, 0.1) is 89.2 Å². The van der Waals surface area contributed by atoms with E-state index in [4.69, 9.17) is 37.9 Å². The zero-order valence-corrected chi connectivity index (χ0v) is 41.5. The molecule has 380 valence electrons. The molecule has 0 heterocycles. The van der Waals surface area contributed by atoms with E-state index >= 15 is 8.42 Å². The lowest BCUT2D eigenvalue weighted by Gasteiger charge is -2.24. The lowest BCUT2D eigenvalue weighted by atomic mass is 10.1. The van der Waals surface area contributed by atoms with Crippen molar-refractivity contribution in [1.82, 2.24) is 0 Å². The van der Waals surface area contributed by atoms with Gasteiger partial charge in [0.1, 0.15) is 56.5 Å². The number of carbonyl (C=O) groups excluding carboxylic acids is 2. The van der Waals surface area contributed by atoms with Gasteiger partial charge in [-0.25, -0.2) is 8.42 Å². The normalized spacial score (nSPS) is 12.1. The molecular weight excluding hydrogens is 969 g/mol. The number of carbonyl (C=O) groups is 2. The molecule has 0 aliphatic rings. The monoisotopic (exact) mass is 1020 g/mol. The third kappa shape index (κ3) is 12.1. The Morgan fingerprint density at radius 3 is 1.05 bits per heavy atom. The van der Waals surface area contributed by atoms with Crippen molar-refractivity contribution < 1.29 is 65.7 Å². The molecule has 0 aliphatic heterocycles. The number of hydrogen-bond acceptors (Lipinski definition) is 16. The van der Waals surface area contributed by atoms with E-state index in [1.807, 2.05) is 0 Å². The van der Waals surface area contributed by atoms with Gasteiger partial charge in [-0.3, -0.25) is 29.8 Å². The van der Waals surface area contributed by atoms with Gasteiger partial charge in [-0.1, -0.05) is 24.3 Å². The topological polar surface area (TPSA) is 252 Å². The fraction of sp³-hybridized carbons (Fsp3) is 0.192. The summed E-state index contributed by atoms with van der Waals surface area (Å²) in [6.45, 7) is 0. The minimum absolute atomic E-state index is 0.0528. The molecule has 6 aromatic rings. The van der Waals surface area contributed by atoms with Crippen molar-refractivity contribution in [3.63, 3.8) is 0 Å². The second-order valence-corrected chi connectivity index (χ2v) is 17.7. The molecule has 0 saturated carbocycles. The van der Waals surface area contributed by atoms with E-state index in [0.717, 1.165) is 0 Å². The third-order valence-corrected chi connectivity index (χ3v) is 13.6. The Kier molecular flexibility index (Phi) is 17.3. The van der Waals surface area contributed by atoms with Gasteiger partial charge in [0.25, 0.3) is 23.2 Å². The van der Waals surface area contributed by atoms with Gasteiger partial charge in [-0.05, 0) is 71.8 Å². The van der Waals surface area contributed by atoms with Crippen LogP contribution in [0, 0.1) is 20.2 Å². The number of rotatable bonds is 22. The van der Waals surface area contributed by atoms with Gasteiger partial charge in [0, 0.05) is 59.7 Å². The summed E-state index contributed by atoms with van der Waals surface area (Å²) in [5.74, 6) is 0.804. The highest BCUT2D eigenvalue weighted by Gasteiger charge is 2.35. The highest BCUT2D eigenvalue weighted by molar-refractivity contribution is 7.92. The van der Waals surface area contributed by atoms with E-state index in [-0.39, 0.29) is 79.5 Å². The maximum atomic E-state index is 16.1. The number of hydrogen-bond donors (Lipinski definition) is 2. The number of sulfone groups is 1. The minimum Gasteiger partial charge on any atom is -0.496 e. The van der Waals surface area contributed by atoms with Crippen LogP contribution < -0.4 is 48.5 Å². The molecule has 0 radical (unpaired) electrons. The van der Waals surface area contributed by atoms with Crippen LogP contribution >= 0.6 is 0 Å². The van der Waals surface area contributed by atoms with Gasteiger partial charge < -0.3 is 48.5 Å². The van der Waals surface area contributed by atoms with Crippen LogP contribution in [0.5, 0.6) is 46.0 Å². The molecule has 2 N–H and O–H groups in total. The van der Waals surface area contributed by atoms with Crippen molar-refractivity contribution in [2.24, 2.45) is 0 Å². The predicted molar refractivity (Wildman–Crippen MR) is 273 cm³/mol. The standard InChI is InChI=1S/C52H50N4O16S/c1-65-37-27-45(69-5)39(46(28-37)70-6)19-23-49(33-13-21-43(67-3)41(25-33)53-51(57)31-9-15-35(16-10-31)55(59)60)73(63,64)50(24-20-40-47(71-7)29-38(66-2)30-48(40)72-8)34-14-22-44(68-4)42(26-34)54-52(58)32-11-17-36(18-12-32)56(61)62/h9-30,49-50H,1-8H3,(H,53,57)(H,54,58). The molecule has 0 aliphatic carbocycles. The number of nitrogens with one attached hydrogen (secondary N) is 2. The van der Waals surface area contributed by atoms with Gasteiger partial charge in [-0.2, -0.15) is 0 Å². The van der Waals surface area contributed by atoms with E-state index in [2.05, 4.69) is 10.6 Å².